The molecule has 30 heavy (non-hydrogen) atoms. The predicted molar refractivity (Wildman–Crippen MR) is 122 cm³/mol. The minimum absolute atomic E-state index is 0.0680. The number of carbonyl (C=O) groups is 1. The summed E-state index contributed by atoms with van der Waals surface area (Å²) in [4.78, 5) is 12.6. The zero-order chi connectivity index (χ0) is 20.9. The van der Waals surface area contributed by atoms with E-state index in [1.807, 2.05) is 34.9 Å². The van der Waals surface area contributed by atoms with Gasteiger partial charge in [-0.25, -0.2) is 0 Å². The van der Waals surface area contributed by atoms with Crippen LogP contribution < -0.4 is 5.32 Å². The van der Waals surface area contributed by atoms with E-state index in [1.54, 1.807) is 0 Å². The third-order valence-corrected chi connectivity index (χ3v) is 6.68. The van der Waals surface area contributed by atoms with Crippen LogP contribution in [0.15, 0.2) is 59.8 Å². The van der Waals surface area contributed by atoms with Crippen molar-refractivity contribution in [3.8, 4) is 17.1 Å². The van der Waals surface area contributed by atoms with Crippen molar-refractivity contribution in [2.75, 3.05) is 5.75 Å². The summed E-state index contributed by atoms with van der Waals surface area (Å²) in [6.45, 7) is 4.30. The third-order valence-electron chi connectivity index (χ3n) is 5.75. The fourth-order valence-corrected chi connectivity index (χ4v) is 4.74. The van der Waals surface area contributed by atoms with Crippen molar-refractivity contribution in [2.24, 2.45) is 5.92 Å². The molecular formula is C24H28N4OS. The SMILES string of the molecule is Cc1ccc(-n2c(SCC(=O)N[C@@H]3CCCC[C@@H]3C)nnc2-c2ccccc2)cc1. The third kappa shape index (κ3) is 4.75. The molecule has 2 atom stereocenters. The van der Waals surface area contributed by atoms with Crippen LogP contribution in [-0.2, 0) is 4.79 Å². The normalized spacial score (nSPS) is 18.9. The summed E-state index contributed by atoms with van der Waals surface area (Å²) in [6, 6.07) is 18.6. The van der Waals surface area contributed by atoms with E-state index in [0.29, 0.717) is 17.7 Å². The standard InChI is InChI=1S/C24H28N4OS/c1-17-12-14-20(15-13-17)28-23(19-9-4-3-5-10-19)26-27-24(28)30-16-22(29)25-21-11-7-6-8-18(21)2/h3-5,9-10,12-15,18,21H,6-8,11,16H2,1-2H3,(H,25,29)/t18-,21+/m0/s1. The molecule has 1 aromatic heterocycles. The molecule has 5 nitrogen and oxygen atoms in total. The molecule has 1 aliphatic carbocycles. The van der Waals surface area contributed by atoms with Crippen molar-refractivity contribution < 1.29 is 4.79 Å². The second-order valence-electron chi connectivity index (χ2n) is 8.07. The number of amides is 1. The van der Waals surface area contributed by atoms with Crippen LogP contribution in [0.25, 0.3) is 17.1 Å². The first-order valence-electron chi connectivity index (χ1n) is 10.6. The molecule has 0 saturated heterocycles. The maximum absolute atomic E-state index is 12.6. The zero-order valence-electron chi connectivity index (χ0n) is 17.5. The molecular weight excluding hydrogens is 392 g/mol. The van der Waals surface area contributed by atoms with Crippen LogP contribution in [0, 0.1) is 12.8 Å². The van der Waals surface area contributed by atoms with E-state index < -0.39 is 0 Å². The molecule has 0 aliphatic heterocycles. The van der Waals surface area contributed by atoms with Gasteiger partial charge in [0.15, 0.2) is 11.0 Å². The number of aromatic nitrogens is 3. The van der Waals surface area contributed by atoms with Gasteiger partial charge in [0.1, 0.15) is 0 Å². The molecule has 1 saturated carbocycles. The van der Waals surface area contributed by atoms with E-state index in [4.69, 9.17) is 0 Å². The summed E-state index contributed by atoms with van der Waals surface area (Å²) in [5.41, 5.74) is 3.19. The number of aryl methyl sites for hydroxylation is 1. The Balaban J connectivity index is 1.55. The maximum Gasteiger partial charge on any atom is 0.230 e. The van der Waals surface area contributed by atoms with Crippen molar-refractivity contribution in [3.05, 3.63) is 60.2 Å². The number of nitrogens with one attached hydrogen (secondary N) is 1. The average Bonchev–Trinajstić information content (AvgIpc) is 3.19. The summed E-state index contributed by atoms with van der Waals surface area (Å²) >= 11 is 1.44. The quantitative estimate of drug-likeness (QED) is 0.568. The number of hydrogen-bond acceptors (Lipinski definition) is 4. The van der Waals surface area contributed by atoms with Crippen molar-refractivity contribution in [2.45, 2.75) is 50.7 Å². The summed E-state index contributed by atoms with van der Waals surface area (Å²) in [6.07, 6.45) is 4.74. The second-order valence-corrected chi connectivity index (χ2v) is 9.01. The highest BCUT2D eigenvalue weighted by Crippen LogP contribution is 2.28. The van der Waals surface area contributed by atoms with Gasteiger partial charge in [-0.1, -0.05) is 79.6 Å². The largest absolute Gasteiger partial charge is 0.352 e. The van der Waals surface area contributed by atoms with E-state index in [1.165, 1.54) is 36.6 Å². The van der Waals surface area contributed by atoms with Gasteiger partial charge in [-0.15, -0.1) is 10.2 Å². The van der Waals surface area contributed by atoms with Crippen LogP contribution in [-0.4, -0.2) is 32.5 Å². The number of thioether (sulfide) groups is 1. The Morgan fingerprint density at radius 3 is 2.53 bits per heavy atom. The average molecular weight is 421 g/mol. The first-order chi connectivity index (χ1) is 14.6. The first-order valence-corrected chi connectivity index (χ1v) is 11.6. The van der Waals surface area contributed by atoms with Gasteiger partial charge >= 0.3 is 0 Å². The minimum atomic E-state index is 0.0680. The van der Waals surface area contributed by atoms with E-state index >= 15 is 0 Å². The van der Waals surface area contributed by atoms with Gasteiger partial charge in [-0.05, 0) is 37.8 Å². The highest BCUT2D eigenvalue weighted by Gasteiger charge is 2.23. The van der Waals surface area contributed by atoms with Crippen LogP contribution in [0.1, 0.15) is 38.2 Å². The number of benzene rings is 2. The molecule has 1 fully saturated rings. The van der Waals surface area contributed by atoms with E-state index in [0.717, 1.165) is 28.7 Å². The van der Waals surface area contributed by atoms with Crippen molar-refractivity contribution in [1.29, 1.82) is 0 Å². The molecule has 4 rings (SSSR count). The van der Waals surface area contributed by atoms with Gasteiger partial charge in [0.05, 0.1) is 5.75 Å². The Bertz CT molecular complexity index is 984. The number of carbonyl (C=O) groups excluding carboxylic acids is 1. The monoisotopic (exact) mass is 420 g/mol. The number of nitrogens with zero attached hydrogens (tertiary/aromatic N) is 3. The molecule has 6 heteroatoms. The number of hydrogen-bond donors (Lipinski definition) is 1. The van der Waals surface area contributed by atoms with E-state index in [9.17, 15) is 4.79 Å². The molecule has 3 aromatic rings. The van der Waals surface area contributed by atoms with Crippen molar-refractivity contribution >= 4 is 17.7 Å². The molecule has 0 radical (unpaired) electrons. The fraction of sp³-hybridized carbons (Fsp3) is 0.375. The van der Waals surface area contributed by atoms with Gasteiger partial charge in [0.25, 0.3) is 0 Å². The van der Waals surface area contributed by atoms with Crippen molar-refractivity contribution in [3.63, 3.8) is 0 Å². The Hall–Kier alpha value is -2.60. The Labute approximate surface area is 182 Å². The van der Waals surface area contributed by atoms with Gasteiger partial charge in [0.2, 0.25) is 5.91 Å². The van der Waals surface area contributed by atoms with Crippen LogP contribution in [0.2, 0.25) is 0 Å². The molecule has 156 valence electrons. The van der Waals surface area contributed by atoms with Gasteiger partial charge in [-0.3, -0.25) is 9.36 Å². The molecule has 1 aliphatic rings. The molecule has 0 unspecified atom stereocenters. The predicted octanol–water partition coefficient (Wildman–Crippen LogP) is 5.03. The molecule has 1 amide bonds. The fourth-order valence-electron chi connectivity index (χ4n) is 3.97. The van der Waals surface area contributed by atoms with Crippen LogP contribution in [0.5, 0.6) is 0 Å². The topological polar surface area (TPSA) is 59.8 Å². The lowest BCUT2D eigenvalue weighted by molar-refractivity contribution is -0.119. The Morgan fingerprint density at radius 2 is 1.80 bits per heavy atom. The lowest BCUT2D eigenvalue weighted by Gasteiger charge is -2.29. The van der Waals surface area contributed by atoms with Crippen LogP contribution >= 0.6 is 11.8 Å². The van der Waals surface area contributed by atoms with Crippen LogP contribution in [0.4, 0.5) is 0 Å². The highest BCUT2D eigenvalue weighted by molar-refractivity contribution is 7.99. The van der Waals surface area contributed by atoms with Crippen LogP contribution in [0.3, 0.4) is 0 Å². The summed E-state index contributed by atoms with van der Waals surface area (Å²) < 4.78 is 2.04. The van der Waals surface area contributed by atoms with Gasteiger partial charge in [0, 0.05) is 17.3 Å². The summed E-state index contributed by atoms with van der Waals surface area (Å²) in [5, 5.41) is 12.8. The lowest BCUT2D eigenvalue weighted by atomic mass is 9.86. The molecule has 1 heterocycles. The van der Waals surface area contributed by atoms with Gasteiger partial charge in [-0.2, -0.15) is 0 Å². The Kier molecular flexibility index (Phi) is 6.53. The lowest BCUT2D eigenvalue weighted by Crippen LogP contribution is -2.41. The van der Waals surface area contributed by atoms with E-state index in [-0.39, 0.29) is 5.91 Å². The number of rotatable bonds is 6. The zero-order valence-corrected chi connectivity index (χ0v) is 18.4. The minimum Gasteiger partial charge on any atom is -0.352 e. The second kappa shape index (κ2) is 9.47. The van der Waals surface area contributed by atoms with Crippen molar-refractivity contribution in [1.82, 2.24) is 20.1 Å². The maximum atomic E-state index is 12.6. The molecule has 0 bridgehead atoms. The summed E-state index contributed by atoms with van der Waals surface area (Å²) in [5.74, 6) is 1.73. The molecule has 1 N–H and O–H groups in total. The highest BCUT2D eigenvalue weighted by atomic mass is 32.2. The smallest absolute Gasteiger partial charge is 0.230 e. The molecule has 0 spiro atoms. The Morgan fingerprint density at radius 1 is 1.07 bits per heavy atom. The first kappa shape index (κ1) is 20.7. The molecule has 2 aromatic carbocycles. The van der Waals surface area contributed by atoms with E-state index in [2.05, 4.69) is 53.6 Å². The summed E-state index contributed by atoms with van der Waals surface area (Å²) in [7, 11) is 0. The van der Waals surface area contributed by atoms with Gasteiger partial charge < -0.3 is 5.32 Å².